The van der Waals surface area contributed by atoms with Gasteiger partial charge in [0.25, 0.3) is 5.91 Å². The van der Waals surface area contributed by atoms with Crippen molar-refractivity contribution in [2.75, 3.05) is 91.8 Å². The fourth-order valence-corrected chi connectivity index (χ4v) is 8.15. The molecule has 0 radical (unpaired) electrons. The molecule has 39 nitrogen and oxygen atoms in total. The van der Waals surface area contributed by atoms with Gasteiger partial charge in [0.2, 0.25) is 41.4 Å². The van der Waals surface area contributed by atoms with Crippen LogP contribution in [0.15, 0.2) is 24.3 Å². The Labute approximate surface area is 554 Å². The largest absolute Gasteiger partial charge is 0.493 e. The summed E-state index contributed by atoms with van der Waals surface area (Å²) in [4.78, 5) is 258. The highest BCUT2D eigenvalue weighted by Crippen LogP contribution is 2.42. The minimum Gasteiger partial charge on any atom is -0.480 e. The zero-order chi connectivity index (χ0) is 73.6. The second-order valence-corrected chi connectivity index (χ2v) is 22.1. The minimum atomic E-state index is -5.17. The highest BCUT2D eigenvalue weighted by Gasteiger charge is 2.30. The number of allylic oxidation sites excluding steroid dienone is 2. The number of hydroxylamine groups is 1. The summed E-state index contributed by atoms with van der Waals surface area (Å²) in [6, 6.07) is 0. The first-order valence-corrected chi connectivity index (χ1v) is 31.3. The van der Waals surface area contributed by atoms with Crippen molar-refractivity contribution in [1.82, 2.24) is 41.0 Å². The van der Waals surface area contributed by atoms with Crippen molar-refractivity contribution in [3.05, 3.63) is 24.3 Å². The Morgan fingerprint density at radius 2 is 0.794 bits per heavy atom. The quantitative estimate of drug-likeness (QED) is 0.00924. The molecule has 0 saturated carbocycles. The van der Waals surface area contributed by atoms with Crippen LogP contribution in [0.2, 0.25) is 0 Å². The average molecular weight is 1400 g/mol. The highest BCUT2D eigenvalue weighted by atomic mass is 31.2. The van der Waals surface area contributed by atoms with Gasteiger partial charge in [0.05, 0.1) is 58.7 Å². The number of phosphoric ester groups is 1. The number of carboxylic acid groups (broad SMARTS) is 4. The Morgan fingerprint density at radius 3 is 1.16 bits per heavy atom. The summed E-state index contributed by atoms with van der Waals surface area (Å²) in [5, 5.41) is 43.5. The van der Waals surface area contributed by atoms with Gasteiger partial charge in [-0.2, -0.15) is 4.62 Å². The fourth-order valence-electron chi connectivity index (χ4n) is 7.53. The minimum absolute atomic E-state index is 0.120. The third kappa shape index (κ3) is 45.2. The number of rotatable bonds is 55. The van der Waals surface area contributed by atoms with Crippen LogP contribution < -0.4 is 27.2 Å². The Bertz CT molecular complexity index is 2970. The van der Waals surface area contributed by atoms with Gasteiger partial charge in [-0.05, 0) is 19.3 Å². The summed E-state index contributed by atoms with van der Waals surface area (Å²) in [5.41, 5.74) is 6.69. The lowest BCUT2D eigenvalue weighted by molar-refractivity contribution is -0.160. The molecule has 0 heterocycles. The van der Waals surface area contributed by atoms with Crippen molar-refractivity contribution in [2.45, 2.75) is 123 Å². The molecule has 540 valence electrons. The van der Waals surface area contributed by atoms with Gasteiger partial charge in [0.1, 0.15) is 58.1 Å². The number of carboxylic acids is 4. The summed E-state index contributed by atoms with van der Waals surface area (Å²) in [5.74, 6) is -20.6. The lowest BCUT2D eigenvalue weighted by atomic mass is 10.1. The topological polar surface area (TPSA) is 584 Å². The van der Waals surface area contributed by atoms with Gasteiger partial charge in [-0.15, -0.1) is 0 Å². The van der Waals surface area contributed by atoms with E-state index in [0.29, 0.717) is 32.4 Å². The van der Waals surface area contributed by atoms with Crippen molar-refractivity contribution >= 4 is 126 Å². The molecule has 8 amide bonds. The van der Waals surface area contributed by atoms with Crippen LogP contribution in [0.25, 0.3) is 0 Å². The number of phosphoric acid groups is 1. The molecule has 0 aromatic carbocycles. The molecule has 0 bridgehead atoms. The molecule has 0 aliphatic rings. The Kier molecular flexibility index (Phi) is 43.8. The molecule has 0 saturated heterocycles. The van der Waals surface area contributed by atoms with Crippen molar-refractivity contribution in [3.63, 3.8) is 0 Å². The molecule has 97 heavy (non-hydrogen) atoms. The number of nitrogens with one attached hydrogen (secondary N) is 4. The number of nitrogens with zero attached hydrogens (tertiary/aromatic N) is 4. The van der Waals surface area contributed by atoms with E-state index in [1.807, 2.05) is 19.2 Å². The lowest BCUT2D eigenvalue weighted by Crippen LogP contribution is -2.44. The van der Waals surface area contributed by atoms with Crippen LogP contribution in [0.1, 0.15) is 117 Å². The van der Waals surface area contributed by atoms with Gasteiger partial charge in [0.15, 0.2) is 35.0 Å². The van der Waals surface area contributed by atoms with E-state index in [-0.39, 0.29) is 32.2 Å². The summed E-state index contributed by atoms with van der Waals surface area (Å²) in [7, 11) is -5.17. The van der Waals surface area contributed by atoms with E-state index < -0.39 is 281 Å². The first kappa shape index (κ1) is 87.2. The predicted molar refractivity (Wildman–Crippen MR) is 324 cm³/mol. The standard InChI is InChI=1S/C57H82N9O30P/c1-3-5-7-12-56(89)93-35-43(95-57(90)13-8-6-4-2)36-94-97(91,92)96-62-45(74)22-44(73)59-24-38(68)17-21-51(80)66(34-55(87)88)30-47(76)61-26-40(70)16-20-49(78)64(32-53(83)84)28-42(72)11-9-10-41(71)27-63(31-52(81)82)48(77)19-15-39(69)25-60-46(75)29-65(33-54(85)86)50(79)18-14-37(67)23-58/h5-8,43H,3-4,9-36,58H2,1-2H3,(H,59,73)(H,60,75)(H,61,76)(H,62,74)(H,81,82)(H,83,84)(H,85,86)(H,87,88)(H,91,92)/b7-5-,8-6-. The maximum Gasteiger partial charge on any atom is 0.493 e. The third-order valence-corrected chi connectivity index (χ3v) is 13.1. The summed E-state index contributed by atoms with van der Waals surface area (Å²) in [6.07, 6.45) is -0.899. The van der Waals surface area contributed by atoms with Crippen molar-refractivity contribution in [2.24, 2.45) is 5.73 Å². The molecule has 0 fully saturated rings. The molecule has 0 aliphatic carbocycles. The molecular formula is C57H82N9O30P. The van der Waals surface area contributed by atoms with E-state index in [4.69, 9.17) is 24.8 Å². The molecule has 0 aliphatic heterocycles. The number of Topliss-reactive ketones (excluding diaryl/α,β-unsaturated/α-hetero) is 6. The van der Waals surface area contributed by atoms with E-state index in [0.717, 1.165) is 0 Å². The Morgan fingerprint density at radius 1 is 0.433 bits per heavy atom. The van der Waals surface area contributed by atoms with Crippen LogP contribution >= 0.6 is 7.82 Å². The fraction of sp³-hybridized carbons (Fsp3) is 0.579. The molecule has 0 rings (SSSR count). The second kappa shape index (κ2) is 48.8. The normalized spacial score (nSPS) is 11.8. The van der Waals surface area contributed by atoms with Crippen LogP contribution in [0.4, 0.5) is 0 Å². The van der Waals surface area contributed by atoms with Crippen LogP contribution in [-0.2, 0) is 119 Å². The zero-order valence-electron chi connectivity index (χ0n) is 53.4. The molecule has 11 N–H and O–H groups in total. The van der Waals surface area contributed by atoms with Crippen molar-refractivity contribution in [1.29, 1.82) is 0 Å². The van der Waals surface area contributed by atoms with Crippen LogP contribution in [0.5, 0.6) is 0 Å². The van der Waals surface area contributed by atoms with Gasteiger partial charge in [-0.3, -0.25) is 100 Å². The number of nitrogens with two attached hydrogens (primary N) is 1. The molecule has 40 heteroatoms. The summed E-state index contributed by atoms with van der Waals surface area (Å²) < 4.78 is 31.8. The van der Waals surface area contributed by atoms with E-state index in [1.54, 1.807) is 12.2 Å². The predicted octanol–water partition coefficient (Wildman–Crippen LogP) is -3.63. The summed E-state index contributed by atoms with van der Waals surface area (Å²) in [6.45, 7) is -7.84. The number of amides is 8. The van der Waals surface area contributed by atoms with E-state index in [1.165, 1.54) is 17.6 Å². The second-order valence-electron chi connectivity index (χ2n) is 20.7. The molecular weight excluding hydrogens is 1320 g/mol. The first-order chi connectivity index (χ1) is 45.6. The van der Waals surface area contributed by atoms with E-state index in [2.05, 4.69) is 15.3 Å². The van der Waals surface area contributed by atoms with Gasteiger partial charge < -0.3 is 76.1 Å². The van der Waals surface area contributed by atoms with Crippen LogP contribution in [0, 0.1) is 0 Å². The number of hydrogen-bond donors (Lipinski definition) is 10. The number of esters is 2. The van der Waals surface area contributed by atoms with Gasteiger partial charge in [0, 0.05) is 64.2 Å². The molecule has 0 aromatic heterocycles. The third-order valence-electron chi connectivity index (χ3n) is 12.3. The van der Waals surface area contributed by atoms with Crippen LogP contribution in [-0.4, -0.2) is 261 Å². The molecule has 2 unspecified atom stereocenters. The smallest absolute Gasteiger partial charge is 0.480 e. The number of ether oxygens (including phenoxy) is 2. The average Bonchev–Trinajstić information content (AvgIpc) is 1.12. The molecule has 0 spiro atoms. The highest BCUT2D eigenvalue weighted by molar-refractivity contribution is 7.47. The Balaban J connectivity index is 5.13. The molecule has 2 atom stereocenters. The van der Waals surface area contributed by atoms with Gasteiger partial charge >= 0.3 is 43.6 Å². The van der Waals surface area contributed by atoms with E-state index >= 15 is 0 Å². The lowest BCUT2D eigenvalue weighted by Gasteiger charge is -2.21. The van der Waals surface area contributed by atoms with E-state index in [9.17, 15) is 121 Å². The monoisotopic (exact) mass is 1400 g/mol. The number of carbonyl (C=O) groups is 20. The number of ketones is 6. The van der Waals surface area contributed by atoms with Gasteiger partial charge in [-0.25, -0.2) is 10.0 Å². The van der Waals surface area contributed by atoms with Crippen molar-refractivity contribution in [3.8, 4) is 0 Å². The zero-order valence-corrected chi connectivity index (χ0v) is 54.3. The van der Waals surface area contributed by atoms with Crippen molar-refractivity contribution < 1.29 is 144 Å². The maximum absolute atomic E-state index is 13.0. The van der Waals surface area contributed by atoms with Gasteiger partial charge in [-0.1, -0.05) is 38.2 Å². The number of hydrogen-bond acceptors (Lipinski definition) is 26. The first-order valence-electron chi connectivity index (χ1n) is 29.8. The summed E-state index contributed by atoms with van der Waals surface area (Å²) >= 11 is 0. The number of carbonyl (C=O) groups excluding carboxylic acids is 16. The Hall–Kier alpha value is -9.85. The maximum atomic E-state index is 13.0. The molecule has 0 aromatic rings. The number of aliphatic carboxylic acids is 4. The SMILES string of the molecule is CC/C=C\CC(=O)OCC(COP(=O)(O)ONC(=O)CC(=O)NCC(=O)CCC(=O)N(CC(=O)O)CC(=O)NCC(=O)CCC(=O)N(CC(=O)O)CC(=O)CCCC(=O)CN(CC(=O)O)C(=O)CCC(=O)CNC(=O)CN(CC(=O)O)C(=O)CCC(=O)CN)OC(=O)C/C=C\CC. The van der Waals surface area contributed by atoms with Crippen LogP contribution in [0.3, 0.4) is 0 Å².